The van der Waals surface area contributed by atoms with Gasteiger partial charge in [-0.05, 0) is 23.1 Å². The maximum atomic E-state index is 11.7. The van der Waals surface area contributed by atoms with E-state index in [1.807, 2.05) is 6.07 Å². The number of hydrogen-bond donors (Lipinski definition) is 2. The standard InChI is InChI=1S/C18H18N2O2S/c21-18-16(7-8-22-18)20-11-14(17-6-3-9-23-17)13-10-19-15-5-2-1-4-12(13)15/h1-6,9-10,14,16,19-20H,7-8,11H2/t14-,16-/m0/s1. The first kappa shape index (κ1) is 14.5. The van der Waals surface area contributed by atoms with Gasteiger partial charge in [0.1, 0.15) is 6.04 Å². The van der Waals surface area contributed by atoms with Crippen LogP contribution in [0.1, 0.15) is 22.8 Å². The van der Waals surface area contributed by atoms with Gasteiger partial charge in [-0.25, -0.2) is 0 Å². The van der Waals surface area contributed by atoms with Gasteiger partial charge in [-0.2, -0.15) is 0 Å². The Kier molecular flexibility index (Phi) is 3.89. The van der Waals surface area contributed by atoms with Gasteiger partial charge in [0.05, 0.1) is 6.61 Å². The number of ether oxygens (including phenoxy) is 1. The fraction of sp³-hybridized carbons (Fsp3) is 0.278. The number of hydrogen-bond acceptors (Lipinski definition) is 4. The third-order valence-electron chi connectivity index (χ3n) is 4.39. The van der Waals surface area contributed by atoms with Crippen LogP contribution in [0.2, 0.25) is 0 Å². The third kappa shape index (κ3) is 2.78. The van der Waals surface area contributed by atoms with E-state index in [4.69, 9.17) is 4.74 Å². The molecule has 1 saturated heterocycles. The number of carbonyl (C=O) groups excluding carboxylic acids is 1. The lowest BCUT2D eigenvalue weighted by atomic mass is 9.96. The van der Waals surface area contributed by atoms with Crippen molar-refractivity contribution in [3.05, 3.63) is 58.4 Å². The maximum absolute atomic E-state index is 11.7. The second-order valence-electron chi connectivity index (χ2n) is 5.77. The van der Waals surface area contributed by atoms with Crippen LogP contribution in [0.15, 0.2) is 48.0 Å². The fourth-order valence-electron chi connectivity index (χ4n) is 3.18. The Bertz CT molecular complexity index is 809. The molecule has 1 aliphatic rings. The number of thiophene rings is 1. The number of aromatic nitrogens is 1. The van der Waals surface area contributed by atoms with E-state index in [2.05, 4.69) is 52.2 Å². The smallest absolute Gasteiger partial charge is 0.323 e. The average Bonchev–Trinajstić information content (AvgIpc) is 3.30. The molecular formula is C18H18N2O2S. The van der Waals surface area contributed by atoms with Crippen molar-refractivity contribution in [3.8, 4) is 0 Å². The molecule has 0 spiro atoms. The molecule has 0 aliphatic carbocycles. The Balaban J connectivity index is 1.64. The molecule has 2 N–H and O–H groups in total. The molecule has 4 nitrogen and oxygen atoms in total. The number of rotatable bonds is 5. The highest BCUT2D eigenvalue weighted by molar-refractivity contribution is 7.10. The highest BCUT2D eigenvalue weighted by atomic mass is 32.1. The Morgan fingerprint density at radius 3 is 3.00 bits per heavy atom. The van der Waals surface area contributed by atoms with Gasteiger partial charge in [0.15, 0.2) is 0 Å². The molecule has 1 aromatic carbocycles. The van der Waals surface area contributed by atoms with Crippen LogP contribution in [-0.2, 0) is 9.53 Å². The minimum absolute atomic E-state index is 0.131. The second-order valence-corrected chi connectivity index (χ2v) is 6.75. The molecule has 1 fully saturated rings. The molecule has 3 aromatic rings. The molecule has 23 heavy (non-hydrogen) atoms. The van der Waals surface area contributed by atoms with Gasteiger partial charge >= 0.3 is 5.97 Å². The van der Waals surface area contributed by atoms with Crippen LogP contribution in [0, 0.1) is 0 Å². The average molecular weight is 326 g/mol. The molecule has 1 aliphatic heterocycles. The Morgan fingerprint density at radius 2 is 2.22 bits per heavy atom. The largest absolute Gasteiger partial charge is 0.464 e. The number of esters is 1. The first-order valence-electron chi connectivity index (χ1n) is 7.82. The van der Waals surface area contributed by atoms with Gasteiger partial charge in [0.25, 0.3) is 0 Å². The minimum Gasteiger partial charge on any atom is -0.464 e. The van der Waals surface area contributed by atoms with Gasteiger partial charge < -0.3 is 15.0 Å². The fourth-order valence-corrected chi connectivity index (χ4v) is 4.02. The molecule has 0 saturated carbocycles. The SMILES string of the molecule is O=C1OCC[C@@H]1NC[C@H](c1cccs1)c1c[nH]c2ccccc12. The molecule has 3 heterocycles. The molecule has 0 amide bonds. The van der Waals surface area contributed by atoms with Crippen molar-refractivity contribution in [3.63, 3.8) is 0 Å². The van der Waals surface area contributed by atoms with Crippen LogP contribution in [-0.4, -0.2) is 30.1 Å². The van der Waals surface area contributed by atoms with Crippen molar-refractivity contribution in [1.82, 2.24) is 10.3 Å². The topological polar surface area (TPSA) is 54.1 Å². The summed E-state index contributed by atoms with van der Waals surface area (Å²) in [4.78, 5) is 16.3. The van der Waals surface area contributed by atoms with Gasteiger partial charge in [-0.1, -0.05) is 24.3 Å². The first-order chi connectivity index (χ1) is 11.3. The van der Waals surface area contributed by atoms with Gasteiger partial charge in [0.2, 0.25) is 0 Å². The zero-order valence-electron chi connectivity index (χ0n) is 12.6. The number of nitrogens with one attached hydrogen (secondary N) is 2. The summed E-state index contributed by atoms with van der Waals surface area (Å²) in [6, 6.07) is 12.4. The quantitative estimate of drug-likeness (QED) is 0.708. The van der Waals surface area contributed by atoms with Gasteiger partial charge in [-0.3, -0.25) is 4.79 Å². The highest BCUT2D eigenvalue weighted by Crippen LogP contribution is 2.33. The van der Waals surface area contributed by atoms with Crippen molar-refractivity contribution in [2.45, 2.75) is 18.4 Å². The van der Waals surface area contributed by atoms with E-state index in [1.54, 1.807) is 11.3 Å². The first-order valence-corrected chi connectivity index (χ1v) is 8.70. The van der Waals surface area contributed by atoms with Crippen LogP contribution in [0.5, 0.6) is 0 Å². The minimum atomic E-state index is -0.178. The summed E-state index contributed by atoms with van der Waals surface area (Å²) >= 11 is 1.75. The van der Waals surface area contributed by atoms with Crippen molar-refractivity contribution in [2.75, 3.05) is 13.2 Å². The van der Waals surface area contributed by atoms with Crippen molar-refractivity contribution in [1.29, 1.82) is 0 Å². The van der Waals surface area contributed by atoms with Gasteiger partial charge in [-0.15, -0.1) is 11.3 Å². The van der Waals surface area contributed by atoms with Crippen LogP contribution in [0.4, 0.5) is 0 Å². The summed E-state index contributed by atoms with van der Waals surface area (Å²) in [6.45, 7) is 1.25. The van der Waals surface area contributed by atoms with E-state index in [-0.39, 0.29) is 17.9 Å². The molecule has 0 radical (unpaired) electrons. The van der Waals surface area contributed by atoms with Crippen LogP contribution < -0.4 is 5.32 Å². The third-order valence-corrected chi connectivity index (χ3v) is 5.37. The Morgan fingerprint density at radius 1 is 1.30 bits per heavy atom. The summed E-state index contributed by atoms with van der Waals surface area (Å²) in [5, 5.41) is 6.73. The second kappa shape index (κ2) is 6.18. The zero-order valence-corrected chi connectivity index (χ0v) is 13.4. The molecule has 0 bridgehead atoms. The van der Waals surface area contributed by atoms with Crippen molar-refractivity contribution < 1.29 is 9.53 Å². The Labute approximate surface area is 138 Å². The molecule has 2 aromatic heterocycles. The lowest BCUT2D eigenvalue weighted by Crippen LogP contribution is -2.36. The summed E-state index contributed by atoms with van der Waals surface area (Å²) < 4.78 is 5.04. The van der Waals surface area contributed by atoms with E-state index in [0.717, 1.165) is 18.5 Å². The number of aromatic amines is 1. The summed E-state index contributed by atoms with van der Waals surface area (Å²) in [5.74, 6) is 0.0911. The zero-order chi connectivity index (χ0) is 15.6. The Hall–Kier alpha value is -2.11. The summed E-state index contributed by atoms with van der Waals surface area (Å²) in [7, 11) is 0. The monoisotopic (exact) mass is 326 g/mol. The van der Waals surface area contributed by atoms with Crippen LogP contribution in [0.25, 0.3) is 10.9 Å². The molecule has 2 atom stereocenters. The predicted octanol–water partition coefficient (Wildman–Crippen LogP) is 3.27. The number of carbonyl (C=O) groups is 1. The number of benzene rings is 1. The van der Waals surface area contributed by atoms with Crippen molar-refractivity contribution >= 4 is 28.2 Å². The van der Waals surface area contributed by atoms with E-state index in [0.29, 0.717) is 6.61 Å². The number of H-pyrrole nitrogens is 1. The van der Waals surface area contributed by atoms with Crippen LogP contribution >= 0.6 is 11.3 Å². The van der Waals surface area contributed by atoms with Gasteiger partial charge in [0, 0.05) is 40.9 Å². The van der Waals surface area contributed by atoms with E-state index < -0.39 is 0 Å². The lowest BCUT2D eigenvalue weighted by molar-refractivity contribution is -0.139. The number of cyclic esters (lactones) is 1. The van der Waals surface area contributed by atoms with Crippen molar-refractivity contribution in [2.24, 2.45) is 0 Å². The van der Waals surface area contributed by atoms with Crippen LogP contribution in [0.3, 0.4) is 0 Å². The molecule has 4 rings (SSSR count). The highest BCUT2D eigenvalue weighted by Gasteiger charge is 2.28. The summed E-state index contributed by atoms with van der Waals surface area (Å²) in [5.41, 5.74) is 2.41. The molecule has 0 unspecified atom stereocenters. The normalized spacial score (nSPS) is 19.1. The van der Waals surface area contributed by atoms with E-state index in [1.165, 1.54) is 15.8 Å². The lowest BCUT2D eigenvalue weighted by Gasteiger charge is -2.18. The molecular weight excluding hydrogens is 308 g/mol. The van der Waals surface area contributed by atoms with E-state index >= 15 is 0 Å². The number of fused-ring (bicyclic) bond motifs is 1. The number of para-hydroxylation sites is 1. The van der Waals surface area contributed by atoms with E-state index in [9.17, 15) is 4.79 Å². The molecule has 5 heteroatoms. The summed E-state index contributed by atoms with van der Waals surface area (Å²) in [6.07, 6.45) is 2.84. The maximum Gasteiger partial charge on any atom is 0.323 e. The molecule has 118 valence electrons. The predicted molar refractivity (Wildman–Crippen MR) is 91.8 cm³/mol.